The van der Waals surface area contributed by atoms with Crippen LogP contribution in [-0.2, 0) is 11.3 Å². The van der Waals surface area contributed by atoms with Crippen LogP contribution >= 0.6 is 36.2 Å². The normalized spacial score (nSPS) is 16.6. The Kier molecular flexibility index (Phi) is 9.61. The van der Waals surface area contributed by atoms with Gasteiger partial charge in [0, 0.05) is 43.0 Å². The van der Waals surface area contributed by atoms with E-state index >= 15 is 0 Å². The average Bonchev–Trinajstić information content (AvgIpc) is 3.27. The average molecular weight is 436 g/mol. The molecule has 0 unspecified atom stereocenters. The molecule has 2 aromatic rings. The topological polar surface area (TPSA) is 90.4 Å². The Labute approximate surface area is 172 Å². The van der Waals surface area contributed by atoms with Crippen LogP contribution in [0.15, 0.2) is 29.9 Å². The largest absolute Gasteiger partial charge is 0.364 e. The van der Waals surface area contributed by atoms with Gasteiger partial charge >= 0.3 is 0 Å². The van der Waals surface area contributed by atoms with Crippen molar-refractivity contribution in [2.45, 2.75) is 19.0 Å². The molecule has 3 N–H and O–H groups in total. The highest BCUT2D eigenvalue weighted by atomic mass is 35.5. The maximum Gasteiger partial charge on any atom is 0.267 e. The van der Waals surface area contributed by atoms with Crippen molar-refractivity contribution in [3.63, 3.8) is 0 Å². The second kappa shape index (κ2) is 11.2. The molecule has 0 radical (unpaired) electrons. The van der Waals surface area contributed by atoms with Crippen molar-refractivity contribution in [2.75, 3.05) is 18.4 Å². The van der Waals surface area contributed by atoms with Gasteiger partial charge in [0.2, 0.25) is 0 Å². The molecule has 0 aromatic carbocycles. The van der Waals surface area contributed by atoms with Crippen molar-refractivity contribution >= 4 is 54.0 Å². The van der Waals surface area contributed by atoms with Crippen LogP contribution in [0.5, 0.6) is 0 Å². The number of hydrogen-bond donors (Lipinski definition) is 3. The number of likely N-dealkylation sites (tertiary alicyclic amines) is 1. The van der Waals surface area contributed by atoms with Crippen LogP contribution in [0, 0.1) is 5.82 Å². The molecule has 7 nitrogen and oxygen atoms in total. The summed E-state index contributed by atoms with van der Waals surface area (Å²) >= 11 is 1.63. The Morgan fingerprint density at radius 3 is 2.93 bits per heavy atom. The summed E-state index contributed by atoms with van der Waals surface area (Å²) in [5.74, 6) is -0.969. The summed E-state index contributed by atoms with van der Waals surface area (Å²) in [6, 6.07) is 1.42. The first kappa shape index (κ1) is 23.3. The zero-order chi connectivity index (χ0) is 17.6. The molecule has 148 valence electrons. The number of thiazole rings is 1. The van der Waals surface area contributed by atoms with E-state index < -0.39 is 11.7 Å². The van der Waals surface area contributed by atoms with Gasteiger partial charge in [0.1, 0.15) is 5.01 Å². The van der Waals surface area contributed by atoms with Gasteiger partial charge in [-0.15, -0.1) is 36.2 Å². The highest BCUT2D eigenvalue weighted by Crippen LogP contribution is 2.20. The molecule has 1 aliphatic heterocycles. The molecule has 27 heavy (non-hydrogen) atoms. The summed E-state index contributed by atoms with van der Waals surface area (Å²) in [5, 5.41) is 14.6. The molecule has 0 bridgehead atoms. The van der Waals surface area contributed by atoms with Gasteiger partial charge in [-0.3, -0.25) is 14.9 Å². The van der Waals surface area contributed by atoms with E-state index in [9.17, 15) is 9.18 Å². The number of amides is 1. The fraction of sp³-hybridized carbons (Fsp3) is 0.312. The number of pyridine rings is 1. The number of hydroxylamine groups is 1. The molecular weight excluding hydrogens is 416 g/mol. The van der Waals surface area contributed by atoms with Crippen molar-refractivity contribution in [3.05, 3.63) is 46.3 Å². The lowest BCUT2D eigenvalue weighted by molar-refractivity contribution is -0.124. The third-order valence-corrected chi connectivity index (χ3v) is 4.62. The smallest absolute Gasteiger partial charge is 0.267 e. The van der Waals surface area contributed by atoms with E-state index in [1.807, 2.05) is 5.38 Å². The molecular formula is C16H20Cl2FN5O2S. The number of aromatic nitrogens is 2. The highest BCUT2D eigenvalue weighted by molar-refractivity contribution is 7.09. The standard InChI is InChI=1S/C16H18FN5O2S.2ClH/c17-13-7-11(1-2-14(23)21-24)8-19-16(13)20-12-3-5-22(9-12)10-15-18-4-6-25-15;;/h1-2,4,6-8,12,24H,3,5,9-10H2,(H,19,20)(H,21,23);2*1H/b2-1+;;/t12-;;/m1../s1. The third-order valence-electron chi connectivity index (χ3n) is 3.86. The zero-order valence-electron chi connectivity index (χ0n) is 14.2. The zero-order valence-corrected chi connectivity index (χ0v) is 16.6. The van der Waals surface area contributed by atoms with Crippen molar-refractivity contribution in [3.8, 4) is 0 Å². The SMILES string of the molecule is Cl.Cl.O=C(/C=C/c1cnc(N[C@@H]2CCN(Cc3nccs3)C2)c(F)c1)NO. The van der Waals surface area contributed by atoms with Gasteiger partial charge in [-0.2, -0.15) is 0 Å². The van der Waals surface area contributed by atoms with Crippen molar-refractivity contribution in [1.29, 1.82) is 0 Å². The second-order valence-electron chi connectivity index (χ2n) is 5.70. The summed E-state index contributed by atoms with van der Waals surface area (Å²) in [7, 11) is 0. The summed E-state index contributed by atoms with van der Waals surface area (Å²) in [6.07, 6.45) is 6.64. The predicted octanol–water partition coefficient (Wildman–Crippen LogP) is 2.73. The molecule has 1 fully saturated rings. The molecule has 2 aromatic heterocycles. The number of carbonyl (C=O) groups excluding carboxylic acids is 1. The summed E-state index contributed by atoms with van der Waals surface area (Å²) in [4.78, 5) is 21.6. The summed E-state index contributed by atoms with van der Waals surface area (Å²) in [5.41, 5.74) is 1.90. The summed E-state index contributed by atoms with van der Waals surface area (Å²) in [6.45, 7) is 2.54. The fourth-order valence-corrected chi connectivity index (χ4v) is 3.33. The van der Waals surface area contributed by atoms with Crippen LogP contribution < -0.4 is 10.8 Å². The lowest BCUT2D eigenvalue weighted by atomic mass is 10.2. The monoisotopic (exact) mass is 435 g/mol. The highest BCUT2D eigenvalue weighted by Gasteiger charge is 2.24. The third kappa shape index (κ3) is 6.71. The van der Waals surface area contributed by atoms with Gasteiger partial charge in [0.05, 0.1) is 6.54 Å². The van der Waals surface area contributed by atoms with Crippen molar-refractivity contribution in [1.82, 2.24) is 20.3 Å². The van der Waals surface area contributed by atoms with Crippen LogP contribution in [0.25, 0.3) is 6.08 Å². The van der Waals surface area contributed by atoms with Gasteiger partial charge in [0.25, 0.3) is 5.91 Å². The number of nitrogens with zero attached hydrogens (tertiary/aromatic N) is 3. The molecule has 0 saturated carbocycles. The fourth-order valence-electron chi connectivity index (χ4n) is 2.67. The lowest BCUT2D eigenvalue weighted by Crippen LogP contribution is -2.26. The van der Waals surface area contributed by atoms with Crippen LogP contribution in [-0.4, -0.2) is 45.1 Å². The molecule has 1 aliphatic rings. The van der Waals surface area contributed by atoms with Crippen molar-refractivity contribution < 1.29 is 14.4 Å². The number of anilines is 1. The first-order valence-corrected chi connectivity index (χ1v) is 8.67. The molecule has 0 spiro atoms. The maximum atomic E-state index is 14.2. The van der Waals surface area contributed by atoms with E-state index in [0.717, 1.165) is 37.1 Å². The molecule has 3 rings (SSSR count). The molecule has 1 amide bonds. The predicted molar refractivity (Wildman–Crippen MR) is 107 cm³/mol. The Hall–Kier alpha value is -1.78. The minimum atomic E-state index is -0.686. The van der Waals surface area contributed by atoms with Crippen LogP contribution in [0.3, 0.4) is 0 Å². The van der Waals surface area contributed by atoms with E-state index in [1.165, 1.54) is 23.8 Å². The van der Waals surface area contributed by atoms with Gasteiger partial charge in [-0.1, -0.05) is 0 Å². The number of nitrogens with one attached hydrogen (secondary N) is 2. The number of halogens is 3. The Morgan fingerprint density at radius 1 is 1.44 bits per heavy atom. The molecule has 3 heterocycles. The lowest BCUT2D eigenvalue weighted by Gasteiger charge is -2.16. The molecule has 0 aliphatic carbocycles. The van der Waals surface area contributed by atoms with Crippen LogP contribution in [0.1, 0.15) is 17.0 Å². The molecule has 1 atom stereocenters. The van der Waals surface area contributed by atoms with Gasteiger partial charge in [-0.25, -0.2) is 19.8 Å². The van der Waals surface area contributed by atoms with Gasteiger partial charge in [-0.05, 0) is 24.1 Å². The molecule has 11 heteroatoms. The van der Waals surface area contributed by atoms with E-state index in [4.69, 9.17) is 5.21 Å². The Bertz CT molecular complexity index is 763. The van der Waals surface area contributed by atoms with E-state index in [1.54, 1.807) is 17.5 Å². The van der Waals surface area contributed by atoms with Crippen LogP contribution in [0.4, 0.5) is 10.2 Å². The van der Waals surface area contributed by atoms with E-state index in [-0.39, 0.29) is 36.7 Å². The van der Waals surface area contributed by atoms with Gasteiger partial charge in [0.15, 0.2) is 11.6 Å². The number of hydrogen-bond acceptors (Lipinski definition) is 7. The van der Waals surface area contributed by atoms with E-state index in [2.05, 4.69) is 20.2 Å². The maximum absolute atomic E-state index is 14.2. The van der Waals surface area contributed by atoms with Gasteiger partial charge < -0.3 is 5.32 Å². The first-order chi connectivity index (χ1) is 12.1. The van der Waals surface area contributed by atoms with Crippen LogP contribution in [0.2, 0.25) is 0 Å². The Balaban J connectivity index is 0.00000182. The van der Waals surface area contributed by atoms with E-state index in [0.29, 0.717) is 5.56 Å². The minimum absolute atomic E-state index is 0. The quantitative estimate of drug-likeness (QED) is 0.367. The number of rotatable bonds is 6. The van der Waals surface area contributed by atoms with Crippen molar-refractivity contribution in [2.24, 2.45) is 0 Å². The summed E-state index contributed by atoms with van der Waals surface area (Å²) < 4.78 is 14.2. The second-order valence-corrected chi connectivity index (χ2v) is 6.68. The number of carbonyl (C=O) groups is 1. The Morgan fingerprint density at radius 2 is 2.26 bits per heavy atom. The first-order valence-electron chi connectivity index (χ1n) is 7.79. The minimum Gasteiger partial charge on any atom is -0.364 e. The molecule has 1 saturated heterocycles.